The van der Waals surface area contributed by atoms with E-state index in [0.717, 1.165) is 28.8 Å². The van der Waals surface area contributed by atoms with Crippen LogP contribution in [-0.2, 0) is 0 Å². The van der Waals surface area contributed by atoms with E-state index >= 15 is 0 Å². The number of hydrazone groups is 1. The number of aromatic nitrogens is 1. The van der Waals surface area contributed by atoms with Gasteiger partial charge in [0.1, 0.15) is 11.4 Å². The largest absolute Gasteiger partial charge is 0.497 e. The summed E-state index contributed by atoms with van der Waals surface area (Å²) in [5.74, 6) is 1.16. The van der Waals surface area contributed by atoms with Gasteiger partial charge < -0.3 is 26.1 Å². The van der Waals surface area contributed by atoms with Crippen molar-refractivity contribution in [2.75, 3.05) is 25.5 Å². The first-order valence-electron chi connectivity index (χ1n) is 10.0. The number of rotatable bonds is 5. The SMILES string of the molecule is COc1ccc2[nH]c(C(=O)Nc3ccc(/C(C)=N/N/C(N)=N/C4=NCCN4)cc3)cc2c1. The highest BCUT2D eigenvalue weighted by atomic mass is 16.5. The monoisotopic (exact) mass is 432 g/mol. The molecule has 1 amide bonds. The van der Waals surface area contributed by atoms with Gasteiger partial charge in [-0.15, -0.1) is 0 Å². The lowest BCUT2D eigenvalue weighted by molar-refractivity contribution is 0.102. The first kappa shape index (κ1) is 20.9. The second-order valence-corrected chi connectivity index (χ2v) is 7.11. The molecule has 0 aliphatic carbocycles. The summed E-state index contributed by atoms with van der Waals surface area (Å²) in [5, 5.41) is 11.0. The van der Waals surface area contributed by atoms with Gasteiger partial charge in [0.05, 0.1) is 19.4 Å². The van der Waals surface area contributed by atoms with Gasteiger partial charge in [0, 0.05) is 23.1 Å². The molecule has 3 aromatic rings. The topological polar surface area (TPSA) is 141 Å². The number of aromatic amines is 1. The maximum Gasteiger partial charge on any atom is 0.272 e. The molecule has 0 unspecified atom stereocenters. The van der Waals surface area contributed by atoms with Crippen LogP contribution in [0.2, 0.25) is 0 Å². The summed E-state index contributed by atoms with van der Waals surface area (Å²) in [4.78, 5) is 24.0. The first-order chi connectivity index (χ1) is 15.5. The van der Waals surface area contributed by atoms with Crippen molar-refractivity contribution in [3.8, 4) is 5.75 Å². The van der Waals surface area contributed by atoms with Crippen molar-refractivity contribution in [2.45, 2.75) is 6.92 Å². The molecule has 4 rings (SSSR count). The Balaban J connectivity index is 1.39. The molecule has 6 N–H and O–H groups in total. The van der Waals surface area contributed by atoms with Crippen LogP contribution < -0.4 is 26.5 Å². The fourth-order valence-corrected chi connectivity index (χ4v) is 3.16. The van der Waals surface area contributed by atoms with Crippen LogP contribution in [0.4, 0.5) is 5.69 Å². The Hall–Kier alpha value is -4.34. The van der Waals surface area contributed by atoms with E-state index in [1.54, 1.807) is 13.2 Å². The number of benzene rings is 2. The molecule has 0 atom stereocenters. The number of aliphatic imine (C=N–C) groups is 2. The molecule has 1 aliphatic heterocycles. The van der Waals surface area contributed by atoms with Crippen molar-refractivity contribution in [2.24, 2.45) is 20.8 Å². The van der Waals surface area contributed by atoms with Crippen LogP contribution in [-0.4, -0.2) is 48.7 Å². The van der Waals surface area contributed by atoms with Crippen LogP contribution in [0.3, 0.4) is 0 Å². The molecule has 164 valence electrons. The molecule has 0 radical (unpaired) electrons. The van der Waals surface area contributed by atoms with Crippen molar-refractivity contribution < 1.29 is 9.53 Å². The maximum absolute atomic E-state index is 12.6. The molecule has 2 aromatic carbocycles. The predicted octanol–water partition coefficient (Wildman–Crippen LogP) is 2.02. The van der Waals surface area contributed by atoms with Crippen molar-refractivity contribution in [1.29, 1.82) is 0 Å². The van der Waals surface area contributed by atoms with Gasteiger partial charge in [-0.1, -0.05) is 12.1 Å². The number of ether oxygens (including phenoxy) is 1. The van der Waals surface area contributed by atoms with E-state index < -0.39 is 0 Å². The number of anilines is 1. The summed E-state index contributed by atoms with van der Waals surface area (Å²) in [6, 6.07) is 14.7. The predicted molar refractivity (Wildman–Crippen MR) is 127 cm³/mol. The van der Waals surface area contributed by atoms with Gasteiger partial charge in [-0.2, -0.15) is 10.1 Å². The number of guanidine groups is 2. The average molecular weight is 432 g/mol. The van der Waals surface area contributed by atoms with Crippen LogP contribution in [0, 0.1) is 0 Å². The van der Waals surface area contributed by atoms with Crippen LogP contribution in [0.25, 0.3) is 10.9 Å². The van der Waals surface area contributed by atoms with Gasteiger partial charge in [-0.3, -0.25) is 4.79 Å². The second-order valence-electron chi connectivity index (χ2n) is 7.11. The fraction of sp³-hybridized carbons (Fsp3) is 0.182. The van der Waals surface area contributed by atoms with Gasteiger partial charge in [0.15, 0.2) is 0 Å². The molecule has 0 fully saturated rings. The van der Waals surface area contributed by atoms with Crippen molar-refractivity contribution in [1.82, 2.24) is 15.7 Å². The number of nitrogens with one attached hydrogen (secondary N) is 4. The number of fused-ring (bicyclic) bond motifs is 1. The Labute approximate surface area is 184 Å². The number of hydrogen-bond acceptors (Lipinski definition) is 6. The van der Waals surface area contributed by atoms with E-state index in [0.29, 0.717) is 29.6 Å². The Morgan fingerprint density at radius 1 is 1.19 bits per heavy atom. The quantitative estimate of drug-likeness (QED) is 0.238. The van der Waals surface area contributed by atoms with Gasteiger partial charge in [-0.25, -0.2) is 10.4 Å². The minimum atomic E-state index is -0.229. The summed E-state index contributed by atoms with van der Waals surface area (Å²) in [6.45, 7) is 3.29. The van der Waals surface area contributed by atoms with Crippen molar-refractivity contribution >= 4 is 40.1 Å². The molecule has 1 aliphatic rings. The first-order valence-corrected chi connectivity index (χ1v) is 10.0. The lowest BCUT2D eigenvalue weighted by Gasteiger charge is -2.06. The van der Waals surface area contributed by atoms with E-state index in [4.69, 9.17) is 10.5 Å². The molecule has 0 saturated carbocycles. The molecule has 2 heterocycles. The zero-order chi connectivity index (χ0) is 22.5. The summed E-state index contributed by atoms with van der Waals surface area (Å²) >= 11 is 0. The molecule has 32 heavy (non-hydrogen) atoms. The number of nitrogens with two attached hydrogens (primary N) is 1. The number of H-pyrrole nitrogens is 1. The standard InChI is InChI=1S/C22H24N8O2/c1-13(29-30-21(23)28-22-24-9-10-25-22)14-3-5-16(6-4-14)26-20(31)19-12-15-11-17(32-2)7-8-18(15)27-19/h3-8,11-12,27H,9-10H2,1-2H3,(H,26,31)(H4,23,24,25,28,30)/b29-13+. The number of carbonyl (C=O) groups is 1. The van der Waals surface area contributed by atoms with Crippen molar-refractivity contribution in [3.05, 3.63) is 59.8 Å². The summed E-state index contributed by atoms with van der Waals surface area (Å²) < 4.78 is 5.23. The van der Waals surface area contributed by atoms with Gasteiger partial charge in [0.2, 0.25) is 11.9 Å². The zero-order valence-electron chi connectivity index (χ0n) is 17.8. The lowest BCUT2D eigenvalue weighted by atomic mass is 10.1. The Morgan fingerprint density at radius 3 is 2.72 bits per heavy atom. The van der Waals surface area contributed by atoms with Gasteiger partial charge >= 0.3 is 0 Å². The number of carbonyl (C=O) groups excluding carboxylic acids is 1. The smallest absolute Gasteiger partial charge is 0.272 e. The summed E-state index contributed by atoms with van der Waals surface area (Å²) in [6.07, 6.45) is 0. The van der Waals surface area contributed by atoms with Crippen LogP contribution in [0.1, 0.15) is 23.0 Å². The third kappa shape index (κ3) is 4.86. The number of nitrogens with zero attached hydrogens (tertiary/aromatic N) is 3. The lowest BCUT2D eigenvalue weighted by Crippen LogP contribution is -2.31. The van der Waals surface area contributed by atoms with E-state index in [2.05, 4.69) is 36.1 Å². The van der Waals surface area contributed by atoms with Gasteiger partial charge in [0.25, 0.3) is 5.91 Å². The molecule has 10 nitrogen and oxygen atoms in total. The van der Waals surface area contributed by atoms with Crippen LogP contribution in [0.5, 0.6) is 5.75 Å². The number of methoxy groups -OCH3 is 1. The Bertz CT molecular complexity index is 1220. The Kier molecular flexibility index (Phi) is 6.02. The van der Waals surface area contributed by atoms with Crippen LogP contribution >= 0.6 is 0 Å². The van der Waals surface area contributed by atoms with E-state index in [1.165, 1.54) is 0 Å². The molecular formula is C22H24N8O2. The van der Waals surface area contributed by atoms with Gasteiger partial charge in [-0.05, 0) is 48.9 Å². The maximum atomic E-state index is 12.6. The summed E-state index contributed by atoms with van der Waals surface area (Å²) in [5.41, 5.74) is 12.1. The highest BCUT2D eigenvalue weighted by molar-refractivity contribution is 6.06. The van der Waals surface area contributed by atoms with E-state index in [-0.39, 0.29) is 11.9 Å². The van der Waals surface area contributed by atoms with Crippen molar-refractivity contribution in [3.63, 3.8) is 0 Å². The molecule has 10 heteroatoms. The second kappa shape index (κ2) is 9.21. The molecule has 0 spiro atoms. The molecule has 1 aromatic heterocycles. The Morgan fingerprint density at radius 2 is 2.00 bits per heavy atom. The average Bonchev–Trinajstić information content (AvgIpc) is 3.47. The summed E-state index contributed by atoms with van der Waals surface area (Å²) in [7, 11) is 1.61. The van der Waals surface area contributed by atoms with Crippen LogP contribution in [0.15, 0.2) is 63.6 Å². The highest BCUT2D eigenvalue weighted by Gasteiger charge is 2.11. The minimum absolute atomic E-state index is 0.150. The zero-order valence-corrected chi connectivity index (χ0v) is 17.8. The molecule has 0 saturated heterocycles. The number of hydrogen-bond donors (Lipinski definition) is 5. The molecular weight excluding hydrogens is 408 g/mol. The van der Waals surface area contributed by atoms with E-state index in [9.17, 15) is 4.79 Å². The fourth-order valence-electron chi connectivity index (χ4n) is 3.16. The normalized spacial score (nSPS) is 14.1. The van der Waals surface area contributed by atoms with E-state index in [1.807, 2.05) is 49.4 Å². The molecule has 0 bridgehead atoms. The third-order valence-electron chi connectivity index (χ3n) is 4.85. The minimum Gasteiger partial charge on any atom is -0.497 e. The highest BCUT2D eigenvalue weighted by Crippen LogP contribution is 2.22. The number of amides is 1. The third-order valence-corrected chi connectivity index (χ3v) is 4.85.